The van der Waals surface area contributed by atoms with Gasteiger partial charge in [-0.05, 0) is 56.5 Å². The van der Waals surface area contributed by atoms with Crippen molar-refractivity contribution in [3.63, 3.8) is 0 Å². The molecule has 1 aromatic carbocycles. The monoisotopic (exact) mass is 436 g/mol. The number of fused-ring (bicyclic) bond motifs is 1. The molecule has 0 spiro atoms. The Labute approximate surface area is 182 Å². The Morgan fingerprint density at radius 3 is 2.65 bits per heavy atom. The number of aromatic nitrogens is 5. The molecule has 0 atom stereocenters. The summed E-state index contributed by atoms with van der Waals surface area (Å²) in [6.45, 7) is 1.87. The zero-order chi connectivity index (χ0) is 21.0. The Morgan fingerprint density at radius 2 is 1.90 bits per heavy atom. The van der Waals surface area contributed by atoms with Gasteiger partial charge in [-0.2, -0.15) is 5.10 Å². The number of hydrogen-bond acceptors (Lipinski definition) is 6. The van der Waals surface area contributed by atoms with E-state index in [-0.39, 0.29) is 16.9 Å². The van der Waals surface area contributed by atoms with Crippen molar-refractivity contribution in [2.45, 2.75) is 37.0 Å². The first kappa shape index (κ1) is 18.8. The lowest BCUT2D eigenvalue weighted by Crippen LogP contribution is -2.28. The number of piperidine rings is 1. The standard InChI is InChI=1S/C22H21ClN6O2/c23-15-3-1-14(2-4-15)22(7-8-22)21-28-27-20(31-21)16-12-25-29-17(11-18(30)26-19(16)29)13-5-9-24-10-6-13/h1-4,11-13,24H,5-10H2,(H,26,30). The van der Waals surface area contributed by atoms with Crippen LogP contribution in [0, 0.1) is 0 Å². The first-order valence-electron chi connectivity index (χ1n) is 10.6. The fraction of sp³-hybridized carbons (Fsp3) is 0.364. The molecule has 4 heterocycles. The molecule has 4 aromatic rings. The predicted molar refractivity (Wildman–Crippen MR) is 115 cm³/mol. The third-order valence-electron chi connectivity index (χ3n) is 6.50. The lowest BCUT2D eigenvalue weighted by atomic mass is 9.94. The van der Waals surface area contributed by atoms with E-state index in [0.717, 1.165) is 50.0 Å². The topological polar surface area (TPSA) is 101 Å². The Morgan fingerprint density at radius 1 is 1.13 bits per heavy atom. The predicted octanol–water partition coefficient (Wildman–Crippen LogP) is 3.27. The molecule has 158 valence electrons. The van der Waals surface area contributed by atoms with Crippen LogP contribution in [0.3, 0.4) is 0 Å². The number of benzene rings is 1. The van der Waals surface area contributed by atoms with Crippen molar-refractivity contribution in [2.75, 3.05) is 13.1 Å². The maximum absolute atomic E-state index is 12.4. The van der Waals surface area contributed by atoms with E-state index in [1.165, 1.54) is 0 Å². The van der Waals surface area contributed by atoms with Crippen molar-refractivity contribution < 1.29 is 4.42 Å². The highest BCUT2D eigenvalue weighted by Gasteiger charge is 2.50. The van der Waals surface area contributed by atoms with Gasteiger partial charge in [0.15, 0.2) is 0 Å². The van der Waals surface area contributed by atoms with E-state index in [1.54, 1.807) is 12.3 Å². The second kappa shape index (κ2) is 7.03. The number of aromatic amines is 1. The van der Waals surface area contributed by atoms with Gasteiger partial charge >= 0.3 is 0 Å². The maximum atomic E-state index is 12.4. The van der Waals surface area contributed by atoms with E-state index < -0.39 is 0 Å². The molecular weight excluding hydrogens is 416 g/mol. The van der Waals surface area contributed by atoms with Crippen molar-refractivity contribution in [1.29, 1.82) is 0 Å². The van der Waals surface area contributed by atoms with Gasteiger partial charge in [-0.15, -0.1) is 10.2 Å². The van der Waals surface area contributed by atoms with E-state index >= 15 is 0 Å². The molecule has 1 saturated carbocycles. The summed E-state index contributed by atoms with van der Waals surface area (Å²) in [4.78, 5) is 15.3. The second-order valence-electron chi connectivity index (χ2n) is 8.40. The molecule has 0 bridgehead atoms. The van der Waals surface area contributed by atoms with Gasteiger partial charge < -0.3 is 14.7 Å². The number of nitrogens with zero attached hydrogens (tertiary/aromatic N) is 4. The fourth-order valence-corrected chi connectivity index (χ4v) is 4.75. The normalized spacial score (nSPS) is 18.5. The van der Waals surface area contributed by atoms with Crippen molar-refractivity contribution in [2.24, 2.45) is 0 Å². The van der Waals surface area contributed by atoms with Crippen LogP contribution in [0.4, 0.5) is 0 Å². The van der Waals surface area contributed by atoms with Crippen LogP contribution in [0.25, 0.3) is 17.1 Å². The summed E-state index contributed by atoms with van der Waals surface area (Å²) in [6.07, 6.45) is 5.53. The highest BCUT2D eigenvalue weighted by molar-refractivity contribution is 6.30. The largest absolute Gasteiger partial charge is 0.420 e. The van der Waals surface area contributed by atoms with Crippen LogP contribution in [-0.2, 0) is 5.41 Å². The van der Waals surface area contributed by atoms with Crippen LogP contribution in [0.2, 0.25) is 5.02 Å². The minimum Gasteiger partial charge on any atom is -0.420 e. The Balaban J connectivity index is 1.40. The van der Waals surface area contributed by atoms with Gasteiger partial charge in [0, 0.05) is 17.0 Å². The highest BCUT2D eigenvalue weighted by Crippen LogP contribution is 2.53. The lowest BCUT2D eigenvalue weighted by molar-refractivity contribution is 0.446. The smallest absolute Gasteiger partial charge is 0.253 e. The number of rotatable bonds is 4. The molecule has 3 aromatic heterocycles. The number of halogens is 1. The maximum Gasteiger partial charge on any atom is 0.253 e. The number of H-pyrrole nitrogens is 1. The summed E-state index contributed by atoms with van der Waals surface area (Å²) in [5, 5.41) is 17.3. The van der Waals surface area contributed by atoms with E-state index in [0.29, 0.717) is 28.0 Å². The highest BCUT2D eigenvalue weighted by atomic mass is 35.5. The van der Waals surface area contributed by atoms with E-state index in [2.05, 4.69) is 25.6 Å². The summed E-state index contributed by atoms with van der Waals surface area (Å²) in [5.74, 6) is 1.24. The number of hydrogen-bond donors (Lipinski definition) is 2. The lowest BCUT2D eigenvalue weighted by Gasteiger charge is -2.23. The van der Waals surface area contributed by atoms with Crippen LogP contribution in [0.5, 0.6) is 0 Å². The zero-order valence-corrected chi connectivity index (χ0v) is 17.5. The third kappa shape index (κ3) is 3.09. The van der Waals surface area contributed by atoms with Crippen LogP contribution >= 0.6 is 11.6 Å². The van der Waals surface area contributed by atoms with Crippen LogP contribution < -0.4 is 10.9 Å². The second-order valence-corrected chi connectivity index (χ2v) is 8.84. The molecule has 8 nitrogen and oxygen atoms in total. The molecule has 0 amide bonds. The average Bonchev–Trinajstić information content (AvgIpc) is 3.25. The molecule has 9 heteroatoms. The van der Waals surface area contributed by atoms with Gasteiger partial charge in [0.25, 0.3) is 11.4 Å². The summed E-state index contributed by atoms with van der Waals surface area (Å²) in [6, 6.07) is 9.44. The quantitative estimate of drug-likeness (QED) is 0.509. The summed E-state index contributed by atoms with van der Waals surface area (Å²) >= 11 is 6.04. The van der Waals surface area contributed by atoms with E-state index in [1.807, 2.05) is 28.8 Å². The average molecular weight is 437 g/mol. The molecule has 31 heavy (non-hydrogen) atoms. The number of nitrogens with one attached hydrogen (secondary N) is 2. The Hall–Kier alpha value is -2.97. The summed E-state index contributed by atoms with van der Waals surface area (Å²) in [5.41, 5.74) is 2.86. The third-order valence-corrected chi connectivity index (χ3v) is 6.76. The SMILES string of the molecule is O=c1cc(C2CCNCC2)n2ncc(-c3nnc(C4(c5ccc(Cl)cc5)CC4)o3)c2[nH]1. The van der Waals surface area contributed by atoms with Crippen molar-refractivity contribution >= 4 is 17.2 Å². The van der Waals surface area contributed by atoms with Gasteiger partial charge in [-0.3, -0.25) is 4.79 Å². The van der Waals surface area contributed by atoms with Crippen molar-refractivity contribution in [3.8, 4) is 11.5 Å². The van der Waals surface area contributed by atoms with Crippen molar-refractivity contribution in [3.05, 3.63) is 69.1 Å². The van der Waals surface area contributed by atoms with Gasteiger partial charge in [0.2, 0.25) is 5.89 Å². The van der Waals surface area contributed by atoms with E-state index in [9.17, 15) is 4.79 Å². The van der Waals surface area contributed by atoms with Gasteiger partial charge in [-0.25, -0.2) is 4.52 Å². The molecule has 6 rings (SSSR count). The first-order valence-corrected chi connectivity index (χ1v) is 10.9. The molecule has 1 saturated heterocycles. The Bertz CT molecular complexity index is 1310. The minimum absolute atomic E-state index is 0.151. The van der Waals surface area contributed by atoms with Gasteiger partial charge in [0.1, 0.15) is 11.2 Å². The fourth-order valence-electron chi connectivity index (χ4n) is 4.62. The molecule has 2 N–H and O–H groups in total. The van der Waals surface area contributed by atoms with Crippen LogP contribution in [0.1, 0.15) is 48.7 Å². The van der Waals surface area contributed by atoms with Crippen molar-refractivity contribution in [1.82, 2.24) is 30.1 Å². The molecule has 2 fully saturated rings. The zero-order valence-electron chi connectivity index (χ0n) is 16.8. The molecular formula is C22H21ClN6O2. The van der Waals surface area contributed by atoms with Crippen LogP contribution in [-0.4, -0.2) is 37.9 Å². The Kier molecular flexibility index (Phi) is 4.26. The van der Waals surface area contributed by atoms with Gasteiger partial charge in [0.05, 0.1) is 17.3 Å². The summed E-state index contributed by atoms with van der Waals surface area (Å²) < 4.78 is 7.94. The minimum atomic E-state index is -0.257. The first-order chi connectivity index (χ1) is 15.1. The molecule has 0 radical (unpaired) electrons. The molecule has 1 aliphatic heterocycles. The molecule has 2 aliphatic rings. The van der Waals surface area contributed by atoms with E-state index in [4.69, 9.17) is 16.0 Å². The van der Waals surface area contributed by atoms with Gasteiger partial charge in [-0.1, -0.05) is 23.7 Å². The van der Waals surface area contributed by atoms with Crippen LogP contribution in [0.15, 0.2) is 45.7 Å². The molecule has 1 aliphatic carbocycles. The summed E-state index contributed by atoms with van der Waals surface area (Å²) in [7, 11) is 0. The molecule has 0 unspecified atom stereocenters.